The third-order valence-electron chi connectivity index (χ3n) is 5.24. The first-order chi connectivity index (χ1) is 13.0. The molecule has 1 saturated carbocycles. The molecular formula is C20H22Cl2O6. The van der Waals surface area contributed by atoms with Crippen LogP contribution in [0.3, 0.4) is 0 Å². The number of Topliss-reactive ketones (excluding diaryl/α,β-unsaturated/α-hetero) is 1. The van der Waals surface area contributed by atoms with E-state index in [1.807, 2.05) is 13.0 Å². The zero-order valence-electron chi connectivity index (χ0n) is 15.9. The number of ketones is 1. The molecule has 1 aliphatic heterocycles. The summed E-state index contributed by atoms with van der Waals surface area (Å²) in [6.45, 7) is 4.61. The van der Waals surface area contributed by atoms with E-state index in [0.717, 1.165) is 12.0 Å². The lowest BCUT2D eigenvalue weighted by Gasteiger charge is -2.27. The second kappa shape index (κ2) is 7.56. The van der Waals surface area contributed by atoms with Crippen LogP contribution in [0.2, 0.25) is 10.0 Å². The first-order valence-corrected chi connectivity index (χ1v) is 9.90. The van der Waals surface area contributed by atoms with E-state index in [0.29, 0.717) is 29.2 Å². The van der Waals surface area contributed by atoms with Gasteiger partial charge in [-0.25, -0.2) is 9.59 Å². The molecule has 0 amide bonds. The minimum absolute atomic E-state index is 0.0245. The quantitative estimate of drug-likeness (QED) is 0.723. The highest BCUT2D eigenvalue weighted by molar-refractivity contribution is 6.43. The lowest BCUT2D eigenvalue weighted by atomic mass is 9.77. The van der Waals surface area contributed by atoms with Crippen molar-refractivity contribution < 1.29 is 29.0 Å². The van der Waals surface area contributed by atoms with Crippen LogP contribution in [0.25, 0.3) is 0 Å². The van der Waals surface area contributed by atoms with Gasteiger partial charge in [0, 0.05) is 24.8 Å². The lowest BCUT2D eigenvalue weighted by molar-refractivity contribution is -0.178. The van der Waals surface area contributed by atoms with Gasteiger partial charge in [0.1, 0.15) is 16.6 Å². The molecule has 0 bridgehead atoms. The Hall–Kier alpha value is -1.79. The van der Waals surface area contributed by atoms with Gasteiger partial charge in [-0.05, 0) is 37.7 Å². The highest BCUT2D eigenvalue weighted by Crippen LogP contribution is 2.47. The van der Waals surface area contributed by atoms with Crippen LogP contribution in [0.1, 0.15) is 57.1 Å². The number of aliphatic carboxylic acids is 1. The number of halogens is 2. The average Bonchev–Trinajstić information content (AvgIpc) is 3.01. The third kappa shape index (κ3) is 3.98. The molecule has 0 radical (unpaired) electrons. The van der Waals surface area contributed by atoms with Crippen molar-refractivity contribution in [1.29, 1.82) is 0 Å². The second-order valence-electron chi connectivity index (χ2n) is 8.11. The van der Waals surface area contributed by atoms with Crippen LogP contribution in [0.15, 0.2) is 6.07 Å². The van der Waals surface area contributed by atoms with E-state index in [4.69, 9.17) is 37.8 Å². The highest BCUT2D eigenvalue weighted by atomic mass is 35.5. The average molecular weight is 429 g/mol. The molecule has 1 aromatic carbocycles. The molecule has 1 heterocycles. The molecule has 0 spiro atoms. The van der Waals surface area contributed by atoms with Crippen molar-refractivity contribution in [2.45, 2.75) is 64.1 Å². The van der Waals surface area contributed by atoms with Gasteiger partial charge in [-0.3, -0.25) is 4.79 Å². The largest absolute Gasteiger partial charge is 0.478 e. The number of benzene rings is 1. The van der Waals surface area contributed by atoms with Crippen molar-refractivity contribution in [3.8, 4) is 5.75 Å². The standard InChI is InChI=1S/C20H22Cl2O6/c1-9-4-10(6-12(23)5-9)13-7-11-8-14(27-17(11)16(22)15(13)21)18(24)28-20(2,3)19(25)26/h7,9-10,14H,4-6,8H2,1-3H3,(H,25,26). The second-order valence-corrected chi connectivity index (χ2v) is 8.87. The first kappa shape index (κ1) is 20.9. The van der Waals surface area contributed by atoms with Gasteiger partial charge in [0.2, 0.25) is 5.60 Å². The number of fused-ring (bicyclic) bond motifs is 1. The number of carbonyl (C=O) groups is 3. The van der Waals surface area contributed by atoms with E-state index < -0.39 is 23.6 Å². The Morgan fingerprint density at radius 3 is 2.50 bits per heavy atom. The fraction of sp³-hybridized carbons (Fsp3) is 0.550. The van der Waals surface area contributed by atoms with Crippen LogP contribution < -0.4 is 4.74 Å². The summed E-state index contributed by atoms with van der Waals surface area (Å²) in [7, 11) is 0. The minimum atomic E-state index is -1.67. The lowest BCUT2D eigenvalue weighted by Crippen LogP contribution is -2.41. The fourth-order valence-electron chi connectivity index (χ4n) is 3.77. The fourth-order valence-corrected chi connectivity index (χ4v) is 4.34. The number of hydrogen-bond donors (Lipinski definition) is 1. The van der Waals surface area contributed by atoms with Crippen molar-refractivity contribution in [2.24, 2.45) is 5.92 Å². The summed E-state index contributed by atoms with van der Waals surface area (Å²) >= 11 is 12.9. The van der Waals surface area contributed by atoms with Crippen LogP contribution in [0.5, 0.6) is 5.75 Å². The van der Waals surface area contributed by atoms with Crippen molar-refractivity contribution in [3.05, 3.63) is 27.2 Å². The van der Waals surface area contributed by atoms with E-state index in [9.17, 15) is 14.4 Å². The summed E-state index contributed by atoms with van der Waals surface area (Å²) < 4.78 is 10.7. The molecule has 1 aromatic rings. The first-order valence-electron chi connectivity index (χ1n) is 9.15. The van der Waals surface area contributed by atoms with Gasteiger partial charge in [0.15, 0.2) is 6.10 Å². The number of rotatable bonds is 4. The Morgan fingerprint density at radius 1 is 1.21 bits per heavy atom. The molecule has 3 atom stereocenters. The summed E-state index contributed by atoms with van der Waals surface area (Å²) in [5.41, 5.74) is -0.181. The van der Waals surface area contributed by atoms with Gasteiger partial charge in [0.25, 0.3) is 0 Å². The molecule has 0 aromatic heterocycles. The summed E-state index contributed by atoms with van der Waals surface area (Å²) in [5.74, 6) is -1.28. The molecular weight excluding hydrogens is 407 g/mol. The molecule has 3 unspecified atom stereocenters. The molecule has 1 aliphatic carbocycles. The predicted octanol–water partition coefficient (Wildman–Crippen LogP) is 4.18. The van der Waals surface area contributed by atoms with Gasteiger partial charge in [0.05, 0.1) is 5.02 Å². The third-order valence-corrected chi connectivity index (χ3v) is 6.11. The number of hydrogen-bond acceptors (Lipinski definition) is 5. The number of carboxylic acids is 1. The van der Waals surface area contributed by atoms with E-state index in [1.54, 1.807) is 0 Å². The molecule has 152 valence electrons. The van der Waals surface area contributed by atoms with Crippen LogP contribution >= 0.6 is 23.2 Å². The normalized spacial score (nSPS) is 24.5. The van der Waals surface area contributed by atoms with Gasteiger partial charge < -0.3 is 14.6 Å². The number of carboxylic acid groups (broad SMARTS) is 1. The molecule has 2 aliphatic rings. The van der Waals surface area contributed by atoms with Gasteiger partial charge in [-0.15, -0.1) is 0 Å². The molecule has 3 rings (SSSR count). The van der Waals surface area contributed by atoms with Gasteiger partial charge >= 0.3 is 11.9 Å². The Kier molecular flexibility index (Phi) is 5.65. The van der Waals surface area contributed by atoms with E-state index in [2.05, 4.69) is 0 Å². The maximum absolute atomic E-state index is 12.4. The van der Waals surface area contributed by atoms with Crippen LogP contribution in [0.4, 0.5) is 0 Å². The molecule has 8 heteroatoms. The van der Waals surface area contributed by atoms with E-state index in [-0.39, 0.29) is 29.1 Å². The summed E-state index contributed by atoms with van der Waals surface area (Å²) in [6.07, 6.45) is 1.02. The van der Waals surface area contributed by atoms with Crippen LogP contribution in [-0.4, -0.2) is 34.5 Å². The number of esters is 1. The SMILES string of the molecule is CC1CC(=O)CC(c2cc3c(c(Cl)c2Cl)OC(C(=O)OC(C)(C)C(=O)O)C3)C1. The monoisotopic (exact) mass is 428 g/mol. The summed E-state index contributed by atoms with van der Waals surface area (Å²) in [6, 6.07) is 1.84. The molecule has 0 saturated heterocycles. The Bertz CT molecular complexity index is 848. The molecule has 28 heavy (non-hydrogen) atoms. The zero-order valence-corrected chi connectivity index (χ0v) is 17.4. The number of ether oxygens (including phenoxy) is 2. The Morgan fingerprint density at radius 2 is 1.89 bits per heavy atom. The van der Waals surface area contributed by atoms with Crippen molar-refractivity contribution in [2.75, 3.05) is 0 Å². The Labute approximate surface area is 173 Å². The van der Waals surface area contributed by atoms with Crippen molar-refractivity contribution in [3.63, 3.8) is 0 Å². The number of carbonyl (C=O) groups excluding carboxylic acids is 2. The molecule has 1 N–H and O–H groups in total. The predicted molar refractivity (Wildman–Crippen MR) is 103 cm³/mol. The van der Waals surface area contributed by atoms with E-state index >= 15 is 0 Å². The Balaban J connectivity index is 1.84. The molecule has 6 nitrogen and oxygen atoms in total. The zero-order chi connectivity index (χ0) is 20.8. The van der Waals surface area contributed by atoms with Gasteiger partial charge in [-0.2, -0.15) is 0 Å². The van der Waals surface area contributed by atoms with Crippen LogP contribution in [-0.2, 0) is 25.5 Å². The van der Waals surface area contributed by atoms with E-state index in [1.165, 1.54) is 13.8 Å². The van der Waals surface area contributed by atoms with Crippen molar-refractivity contribution >= 4 is 40.9 Å². The molecule has 1 fully saturated rings. The maximum atomic E-state index is 12.4. The smallest absolute Gasteiger partial charge is 0.348 e. The van der Waals surface area contributed by atoms with Crippen LogP contribution in [0, 0.1) is 5.92 Å². The highest BCUT2D eigenvalue weighted by Gasteiger charge is 2.40. The van der Waals surface area contributed by atoms with Crippen molar-refractivity contribution in [1.82, 2.24) is 0 Å². The maximum Gasteiger partial charge on any atom is 0.348 e. The van der Waals surface area contributed by atoms with Gasteiger partial charge in [-0.1, -0.05) is 36.2 Å². The minimum Gasteiger partial charge on any atom is -0.478 e. The topological polar surface area (TPSA) is 89.9 Å². The summed E-state index contributed by atoms with van der Waals surface area (Å²) in [5, 5.41) is 9.65. The summed E-state index contributed by atoms with van der Waals surface area (Å²) in [4.78, 5) is 35.6.